The number of amides is 1. The Morgan fingerprint density at radius 2 is 1.96 bits per heavy atom. The lowest BCUT2D eigenvalue weighted by atomic mass is 10.2. The van der Waals surface area contributed by atoms with Gasteiger partial charge in [-0.1, -0.05) is 35.3 Å². The molecule has 0 unspecified atom stereocenters. The third-order valence-electron chi connectivity index (χ3n) is 3.04. The minimum absolute atomic E-state index is 0.0988. The minimum atomic E-state index is -0.774. The number of carbonyl (C=O) groups excluding carboxylic acids is 2. The summed E-state index contributed by atoms with van der Waals surface area (Å²) < 4.78 is 4.80. The van der Waals surface area contributed by atoms with Crippen LogP contribution in [0.2, 0.25) is 10.0 Å². The quantitative estimate of drug-likeness (QED) is 0.344. The molecule has 0 spiro atoms. The molecule has 9 heteroatoms. The van der Waals surface area contributed by atoms with Gasteiger partial charge in [0, 0.05) is 23.2 Å². The summed E-state index contributed by atoms with van der Waals surface area (Å²) >= 11 is 11.7. The molecule has 1 amide bonds. The monoisotopic (exact) mass is 394 g/mol. The van der Waals surface area contributed by atoms with E-state index in [0.29, 0.717) is 21.3 Å². The Hall–Kier alpha value is -2.90. The molecule has 0 aliphatic carbocycles. The molecule has 0 aromatic heterocycles. The number of nitrogens with one attached hydrogen (secondary N) is 1. The van der Waals surface area contributed by atoms with Crippen LogP contribution in [0.1, 0.15) is 5.56 Å². The third kappa shape index (κ3) is 5.87. The Kier molecular flexibility index (Phi) is 6.71. The van der Waals surface area contributed by atoms with E-state index in [4.69, 9.17) is 27.9 Å². The Balaban J connectivity index is 1.88. The van der Waals surface area contributed by atoms with Crippen LogP contribution in [0.15, 0.2) is 48.5 Å². The lowest BCUT2D eigenvalue weighted by Crippen LogP contribution is -2.20. The minimum Gasteiger partial charge on any atom is -0.452 e. The average molecular weight is 395 g/mol. The Morgan fingerprint density at radius 1 is 1.19 bits per heavy atom. The van der Waals surface area contributed by atoms with Crippen molar-refractivity contribution in [3.8, 4) is 0 Å². The van der Waals surface area contributed by atoms with Gasteiger partial charge in [0.15, 0.2) is 6.61 Å². The van der Waals surface area contributed by atoms with Gasteiger partial charge in [0.25, 0.3) is 11.6 Å². The first-order valence-corrected chi connectivity index (χ1v) is 7.95. The molecule has 0 aliphatic heterocycles. The molecule has 0 aliphatic rings. The smallest absolute Gasteiger partial charge is 0.331 e. The first-order chi connectivity index (χ1) is 12.3. The fourth-order valence-corrected chi connectivity index (χ4v) is 2.21. The number of non-ortho nitro benzene ring substituents is 1. The van der Waals surface area contributed by atoms with E-state index in [2.05, 4.69) is 5.32 Å². The maximum absolute atomic E-state index is 11.8. The van der Waals surface area contributed by atoms with E-state index in [9.17, 15) is 19.7 Å². The molecule has 0 saturated carbocycles. The highest BCUT2D eigenvalue weighted by atomic mass is 35.5. The van der Waals surface area contributed by atoms with Crippen molar-refractivity contribution >= 4 is 52.5 Å². The highest BCUT2D eigenvalue weighted by Crippen LogP contribution is 2.25. The van der Waals surface area contributed by atoms with E-state index in [0.717, 1.165) is 6.08 Å². The first-order valence-electron chi connectivity index (χ1n) is 7.19. The number of hydrogen-bond acceptors (Lipinski definition) is 5. The standard InChI is InChI=1S/C17H12Cl2N2O5/c18-12-5-6-14(19)15(9-12)20-16(22)10-26-17(23)7-4-11-2-1-3-13(8-11)21(24)25/h1-9H,10H2,(H,20,22)/b7-4+. The number of carbonyl (C=O) groups is 2. The van der Waals surface area contributed by atoms with Gasteiger partial charge in [0.2, 0.25) is 0 Å². The second kappa shape index (κ2) is 8.98. The van der Waals surface area contributed by atoms with E-state index in [1.54, 1.807) is 12.1 Å². The molecular formula is C17H12Cl2N2O5. The van der Waals surface area contributed by atoms with Gasteiger partial charge in [-0.15, -0.1) is 0 Å². The molecule has 0 atom stereocenters. The second-order valence-corrected chi connectivity index (χ2v) is 5.81. The Labute approximate surface area is 158 Å². The van der Waals surface area contributed by atoms with Crippen LogP contribution in [-0.4, -0.2) is 23.4 Å². The highest BCUT2D eigenvalue weighted by Gasteiger charge is 2.09. The molecule has 2 aromatic carbocycles. The van der Waals surface area contributed by atoms with Crippen molar-refractivity contribution in [3.63, 3.8) is 0 Å². The van der Waals surface area contributed by atoms with Crippen molar-refractivity contribution in [1.29, 1.82) is 0 Å². The number of anilines is 1. The fraction of sp³-hybridized carbons (Fsp3) is 0.0588. The number of ether oxygens (including phenoxy) is 1. The summed E-state index contributed by atoms with van der Waals surface area (Å²) in [6.07, 6.45) is 2.42. The van der Waals surface area contributed by atoms with Gasteiger partial charge in [0.1, 0.15) is 0 Å². The van der Waals surface area contributed by atoms with Crippen molar-refractivity contribution in [2.45, 2.75) is 0 Å². The van der Waals surface area contributed by atoms with Gasteiger partial charge < -0.3 is 10.1 Å². The number of nitro benzene ring substituents is 1. The Morgan fingerprint density at radius 3 is 2.69 bits per heavy atom. The van der Waals surface area contributed by atoms with Gasteiger partial charge in [0.05, 0.1) is 15.6 Å². The van der Waals surface area contributed by atoms with Crippen molar-refractivity contribution in [2.24, 2.45) is 0 Å². The first kappa shape index (κ1) is 19.4. The largest absolute Gasteiger partial charge is 0.452 e. The molecule has 0 bridgehead atoms. The zero-order chi connectivity index (χ0) is 19.1. The molecule has 0 fully saturated rings. The number of nitrogens with zero attached hydrogens (tertiary/aromatic N) is 1. The number of halogens is 2. The molecule has 2 aromatic rings. The van der Waals surface area contributed by atoms with Gasteiger partial charge in [-0.3, -0.25) is 14.9 Å². The second-order valence-electron chi connectivity index (χ2n) is 4.97. The van der Waals surface area contributed by atoms with Crippen molar-refractivity contribution in [1.82, 2.24) is 0 Å². The maximum Gasteiger partial charge on any atom is 0.331 e. The molecule has 0 heterocycles. The number of rotatable bonds is 6. The number of esters is 1. The fourth-order valence-electron chi connectivity index (χ4n) is 1.87. The van der Waals surface area contributed by atoms with Crippen LogP contribution >= 0.6 is 23.2 Å². The lowest BCUT2D eigenvalue weighted by Gasteiger charge is -2.07. The van der Waals surface area contributed by atoms with Crippen LogP contribution < -0.4 is 5.32 Å². The van der Waals surface area contributed by atoms with Crippen molar-refractivity contribution in [2.75, 3.05) is 11.9 Å². The molecular weight excluding hydrogens is 383 g/mol. The van der Waals surface area contributed by atoms with Crippen molar-refractivity contribution < 1.29 is 19.2 Å². The van der Waals surface area contributed by atoms with Gasteiger partial charge >= 0.3 is 5.97 Å². The normalized spacial score (nSPS) is 10.5. The molecule has 2 rings (SSSR count). The summed E-state index contributed by atoms with van der Waals surface area (Å²) in [5.74, 6) is -1.37. The topological polar surface area (TPSA) is 98.5 Å². The number of nitro groups is 1. The van der Waals surface area contributed by atoms with Crippen LogP contribution in [0.3, 0.4) is 0 Å². The molecule has 0 radical (unpaired) electrons. The van der Waals surface area contributed by atoms with Crippen LogP contribution in [0.4, 0.5) is 11.4 Å². The summed E-state index contributed by atoms with van der Waals surface area (Å²) in [4.78, 5) is 33.6. The summed E-state index contributed by atoms with van der Waals surface area (Å²) in [5, 5.41) is 13.8. The molecule has 1 N–H and O–H groups in total. The highest BCUT2D eigenvalue weighted by molar-refractivity contribution is 6.35. The summed E-state index contributed by atoms with van der Waals surface area (Å²) in [6, 6.07) is 10.3. The van der Waals surface area contributed by atoms with E-state index < -0.39 is 23.4 Å². The van der Waals surface area contributed by atoms with Gasteiger partial charge in [-0.05, 0) is 29.8 Å². The maximum atomic E-state index is 11.8. The van der Waals surface area contributed by atoms with Crippen LogP contribution in [0.25, 0.3) is 6.08 Å². The predicted molar refractivity (Wildman–Crippen MR) is 98.2 cm³/mol. The van der Waals surface area contributed by atoms with E-state index in [1.807, 2.05) is 0 Å². The zero-order valence-electron chi connectivity index (χ0n) is 13.1. The summed E-state index contributed by atoms with van der Waals surface area (Å²) in [7, 11) is 0. The van der Waals surface area contributed by atoms with Crippen LogP contribution in [-0.2, 0) is 14.3 Å². The van der Waals surface area contributed by atoms with Crippen molar-refractivity contribution in [3.05, 3.63) is 74.3 Å². The molecule has 26 heavy (non-hydrogen) atoms. The third-order valence-corrected chi connectivity index (χ3v) is 3.61. The van der Waals surface area contributed by atoms with Gasteiger partial charge in [-0.2, -0.15) is 0 Å². The average Bonchev–Trinajstić information content (AvgIpc) is 2.61. The summed E-state index contributed by atoms with van der Waals surface area (Å²) in [6.45, 7) is -0.527. The van der Waals surface area contributed by atoms with Gasteiger partial charge in [-0.25, -0.2) is 4.79 Å². The van der Waals surface area contributed by atoms with Crippen LogP contribution in [0.5, 0.6) is 0 Å². The van der Waals surface area contributed by atoms with E-state index in [1.165, 1.54) is 36.4 Å². The Bertz CT molecular complexity index is 883. The molecule has 7 nitrogen and oxygen atoms in total. The number of hydrogen-bond donors (Lipinski definition) is 1. The number of benzene rings is 2. The summed E-state index contributed by atoms with van der Waals surface area (Å²) in [5.41, 5.74) is 0.650. The van der Waals surface area contributed by atoms with E-state index in [-0.39, 0.29) is 5.69 Å². The predicted octanol–water partition coefficient (Wildman–Crippen LogP) is 4.10. The van der Waals surface area contributed by atoms with Crippen LogP contribution in [0, 0.1) is 10.1 Å². The zero-order valence-corrected chi connectivity index (χ0v) is 14.7. The SMILES string of the molecule is O=C(COC(=O)/C=C/c1cccc([N+](=O)[O-])c1)Nc1cc(Cl)ccc1Cl. The molecule has 0 saturated heterocycles. The molecule has 134 valence electrons. The van der Waals surface area contributed by atoms with E-state index >= 15 is 0 Å². The lowest BCUT2D eigenvalue weighted by molar-refractivity contribution is -0.384.